The topological polar surface area (TPSA) is 72.4 Å². The first-order valence-corrected chi connectivity index (χ1v) is 9.35. The van der Waals surface area contributed by atoms with Crippen LogP contribution in [0.25, 0.3) is 11.3 Å². The highest BCUT2D eigenvalue weighted by Gasteiger charge is 2.11. The van der Waals surface area contributed by atoms with Crippen LogP contribution in [-0.4, -0.2) is 29.6 Å². The third-order valence-corrected chi connectivity index (χ3v) is 4.58. The van der Waals surface area contributed by atoms with Gasteiger partial charge in [-0.25, -0.2) is 4.39 Å². The number of unbranched alkanes of at least 4 members (excludes halogenated alkanes) is 2. The minimum Gasteiger partial charge on any atom is -0.399 e. The van der Waals surface area contributed by atoms with Crippen molar-refractivity contribution in [2.24, 2.45) is 0 Å². The minimum atomic E-state index is -0.293. The van der Waals surface area contributed by atoms with Crippen molar-refractivity contribution < 1.29 is 13.7 Å². The number of aryl methyl sites for hydroxylation is 1. The summed E-state index contributed by atoms with van der Waals surface area (Å²) >= 11 is 0. The fourth-order valence-electron chi connectivity index (χ4n) is 3.03. The third-order valence-electron chi connectivity index (χ3n) is 4.58. The molecule has 146 valence electrons. The van der Waals surface area contributed by atoms with E-state index in [1.54, 1.807) is 48.3 Å². The molecule has 1 amide bonds. The lowest BCUT2D eigenvalue weighted by Gasteiger charge is -2.17. The molecule has 0 aliphatic heterocycles. The number of halogens is 1. The molecule has 0 bridgehead atoms. The van der Waals surface area contributed by atoms with Gasteiger partial charge in [0.05, 0.1) is 0 Å². The highest BCUT2D eigenvalue weighted by Crippen LogP contribution is 2.21. The van der Waals surface area contributed by atoms with Crippen LogP contribution >= 0.6 is 0 Å². The number of carbonyl (C=O) groups is 1. The molecule has 1 heterocycles. The maximum absolute atomic E-state index is 13.3. The summed E-state index contributed by atoms with van der Waals surface area (Å²) in [6, 6.07) is 15.2. The molecule has 0 fully saturated rings. The molecule has 6 heteroatoms. The van der Waals surface area contributed by atoms with Crippen molar-refractivity contribution in [1.29, 1.82) is 0 Å². The van der Waals surface area contributed by atoms with Crippen molar-refractivity contribution >= 4 is 11.6 Å². The normalized spacial score (nSPS) is 10.8. The zero-order valence-electron chi connectivity index (χ0n) is 15.9. The summed E-state index contributed by atoms with van der Waals surface area (Å²) in [5.74, 6) is 0.463. The van der Waals surface area contributed by atoms with E-state index in [0.29, 0.717) is 29.1 Å². The summed E-state index contributed by atoms with van der Waals surface area (Å²) in [5.41, 5.74) is 8.27. The molecule has 0 saturated carbocycles. The summed E-state index contributed by atoms with van der Waals surface area (Å²) < 4.78 is 18.6. The Balaban J connectivity index is 1.41. The van der Waals surface area contributed by atoms with E-state index in [9.17, 15) is 9.18 Å². The molecule has 0 spiro atoms. The van der Waals surface area contributed by atoms with Crippen molar-refractivity contribution in [3.05, 3.63) is 71.7 Å². The first-order valence-electron chi connectivity index (χ1n) is 9.35. The number of benzene rings is 2. The Morgan fingerprint density at radius 1 is 1.11 bits per heavy atom. The molecule has 0 saturated heterocycles. The second-order valence-corrected chi connectivity index (χ2v) is 6.85. The van der Waals surface area contributed by atoms with E-state index in [2.05, 4.69) is 5.16 Å². The highest BCUT2D eigenvalue weighted by molar-refractivity contribution is 5.94. The van der Waals surface area contributed by atoms with Gasteiger partial charge in [0.2, 0.25) is 0 Å². The van der Waals surface area contributed by atoms with Gasteiger partial charge in [0.15, 0.2) is 0 Å². The van der Waals surface area contributed by atoms with E-state index in [0.717, 1.165) is 31.4 Å². The van der Waals surface area contributed by atoms with Crippen LogP contribution < -0.4 is 5.73 Å². The Kier molecular flexibility index (Phi) is 6.42. The predicted molar refractivity (Wildman–Crippen MR) is 107 cm³/mol. The summed E-state index contributed by atoms with van der Waals surface area (Å²) in [5, 5.41) is 4.01. The largest absolute Gasteiger partial charge is 0.399 e. The van der Waals surface area contributed by atoms with E-state index in [-0.39, 0.29) is 11.7 Å². The molecule has 3 aromatic rings. The second-order valence-electron chi connectivity index (χ2n) is 6.85. The van der Waals surface area contributed by atoms with E-state index < -0.39 is 0 Å². The summed E-state index contributed by atoms with van der Waals surface area (Å²) in [4.78, 5) is 14.1. The Bertz CT molecular complexity index is 939. The van der Waals surface area contributed by atoms with Crippen LogP contribution in [0.4, 0.5) is 10.1 Å². The maximum Gasteiger partial charge on any atom is 0.253 e. The predicted octanol–water partition coefficient (Wildman–Crippen LogP) is 4.55. The number of rotatable bonds is 8. The zero-order chi connectivity index (χ0) is 19.9. The fourth-order valence-corrected chi connectivity index (χ4v) is 3.03. The lowest BCUT2D eigenvalue weighted by Crippen LogP contribution is -2.27. The Morgan fingerprint density at radius 3 is 2.71 bits per heavy atom. The van der Waals surface area contributed by atoms with Crippen molar-refractivity contribution in [2.75, 3.05) is 19.3 Å². The fraction of sp³-hybridized carbons (Fsp3) is 0.273. The molecule has 1 aromatic heterocycles. The number of nitrogens with zero attached hydrogens (tertiary/aromatic N) is 2. The molecule has 2 aromatic carbocycles. The number of aromatic nitrogens is 1. The quantitative estimate of drug-likeness (QED) is 0.459. The summed E-state index contributed by atoms with van der Waals surface area (Å²) in [6.07, 6.45) is 3.55. The average Bonchev–Trinajstić information content (AvgIpc) is 3.16. The van der Waals surface area contributed by atoms with Crippen LogP contribution in [0, 0.1) is 5.82 Å². The van der Waals surface area contributed by atoms with Gasteiger partial charge in [0.1, 0.15) is 17.3 Å². The van der Waals surface area contributed by atoms with Crippen molar-refractivity contribution in [2.45, 2.75) is 25.7 Å². The minimum absolute atomic E-state index is 0.0257. The third kappa shape index (κ3) is 5.19. The van der Waals surface area contributed by atoms with Gasteiger partial charge in [-0.1, -0.05) is 29.8 Å². The molecule has 0 unspecified atom stereocenters. The SMILES string of the molecule is CN(CCCCCc1cc(-c2cccc(F)c2)no1)C(=O)c1cccc(N)c1. The lowest BCUT2D eigenvalue weighted by molar-refractivity contribution is 0.0792. The van der Waals surface area contributed by atoms with Gasteiger partial charge < -0.3 is 15.2 Å². The maximum atomic E-state index is 13.3. The van der Waals surface area contributed by atoms with Crippen LogP contribution in [0.5, 0.6) is 0 Å². The second kappa shape index (κ2) is 9.17. The van der Waals surface area contributed by atoms with Gasteiger partial charge in [0, 0.05) is 42.9 Å². The smallest absolute Gasteiger partial charge is 0.253 e. The number of hydrogen-bond donors (Lipinski definition) is 1. The molecular formula is C22H24FN3O2. The van der Waals surface area contributed by atoms with E-state index >= 15 is 0 Å². The van der Waals surface area contributed by atoms with Gasteiger partial charge >= 0.3 is 0 Å². The Hall–Kier alpha value is -3.15. The van der Waals surface area contributed by atoms with E-state index in [1.807, 2.05) is 6.07 Å². The monoisotopic (exact) mass is 381 g/mol. The first-order chi connectivity index (χ1) is 13.5. The molecule has 0 aliphatic carbocycles. The molecule has 3 rings (SSSR count). The Morgan fingerprint density at radius 2 is 1.93 bits per heavy atom. The molecule has 2 N–H and O–H groups in total. The van der Waals surface area contributed by atoms with Crippen molar-refractivity contribution in [1.82, 2.24) is 10.1 Å². The Labute approximate surface area is 163 Å². The van der Waals surface area contributed by atoms with Crippen LogP contribution in [0.3, 0.4) is 0 Å². The van der Waals surface area contributed by atoms with Gasteiger partial charge in [-0.2, -0.15) is 0 Å². The molecule has 5 nitrogen and oxygen atoms in total. The summed E-state index contributed by atoms with van der Waals surface area (Å²) in [6.45, 7) is 0.679. The van der Waals surface area contributed by atoms with Crippen LogP contribution in [-0.2, 0) is 6.42 Å². The molecular weight excluding hydrogens is 357 g/mol. The molecule has 0 aliphatic rings. The molecule has 0 radical (unpaired) electrons. The molecule has 0 atom stereocenters. The van der Waals surface area contributed by atoms with Gasteiger partial charge in [-0.05, 0) is 43.2 Å². The summed E-state index contributed by atoms with van der Waals surface area (Å²) in [7, 11) is 1.80. The van der Waals surface area contributed by atoms with E-state index in [4.69, 9.17) is 10.3 Å². The standard InChI is InChI=1S/C22H24FN3O2/c1-26(22(27)17-8-6-10-19(24)14-17)12-4-2-3-11-20-15-21(25-28-20)16-7-5-9-18(23)13-16/h5-10,13-15H,2-4,11-12,24H2,1H3. The number of anilines is 1. The number of amides is 1. The highest BCUT2D eigenvalue weighted by atomic mass is 19.1. The molecule has 28 heavy (non-hydrogen) atoms. The van der Waals surface area contributed by atoms with Gasteiger partial charge in [-0.3, -0.25) is 4.79 Å². The number of carbonyl (C=O) groups excluding carboxylic acids is 1. The first kappa shape index (κ1) is 19.6. The number of hydrogen-bond acceptors (Lipinski definition) is 4. The van der Waals surface area contributed by atoms with Crippen LogP contribution in [0.15, 0.2) is 59.1 Å². The van der Waals surface area contributed by atoms with Gasteiger partial charge in [-0.15, -0.1) is 0 Å². The van der Waals surface area contributed by atoms with E-state index in [1.165, 1.54) is 12.1 Å². The zero-order valence-corrected chi connectivity index (χ0v) is 15.9. The van der Waals surface area contributed by atoms with Crippen LogP contribution in [0.1, 0.15) is 35.4 Å². The van der Waals surface area contributed by atoms with Crippen LogP contribution in [0.2, 0.25) is 0 Å². The van der Waals surface area contributed by atoms with Crippen molar-refractivity contribution in [3.8, 4) is 11.3 Å². The van der Waals surface area contributed by atoms with Crippen molar-refractivity contribution in [3.63, 3.8) is 0 Å². The van der Waals surface area contributed by atoms with Gasteiger partial charge in [0.25, 0.3) is 5.91 Å². The lowest BCUT2D eigenvalue weighted by atomic mass is 10.1. The average molecular weight is 381 g/mol. The number of nitrogens with two attached hydrogens (primary N) is 1. The number of nitrogen functional groups attached to an aromatic ring is 1.